The molecular weight excluding hydrogens is 568 g/mol. The Morgan fingerprint density at radius 2 is 1.77 bits per heavy atom. The zero-order valence-electron chi connectivity index (χ0n) is 23.8. The van der Waals surface area contributed by atoms with Crippen LogP contribution in [0.3, 0.4) is 0 Å². The third-order valence-corrected chi connectivity index (χ3v) is 8.92. The molecule has 1 spiro atoms. The summed E-state index contributed by atoms with van der Waals surface area (Å²) in [6.07, 6.45) is 0.957. The molecule has 3 fully saturated rings. The summed E-state index contributed by atoms with van der Waals surface area (Å²) >= 11 is 0. The molecular formula is C30H34F4N6O3. The van der Waals surface area contributed by atoms with Gasteiger partial charge in [-0.3, -0.25) is 19.4 Å². The number of nitrogens with one attached hydrogen (secondary N) is 2. The SMILES string of the molecule is Cc1ccc(CN2CCC(N3CCN(c4ncc(Nc5c(NCC(F)(F)F)c(=O)c5=O)cc4O)CC34CC4)CC2)c(F)c1. The van der Waals surface area contributed by atoms with Crippen LogP contribution in [0.15, 0.2) is 40.1 Å². The monoisotopic (exact) mass is 602 g/mol. The van der Waals surface area contributed by atoms with E-state index in [1.165, 1.54) is 12.3 Å². The Morgan fingerprint density at radius 1 is 1.05 bits per heavy atom. The quantitative estimate of drug-likeness (QED) is 0.262. The first-order chi connectivity index (χ1) is 20.4. The fourth-order valence-electron chi connectivity index (χ4n) is 6.51. The summed E-state index contributed by atoms with van der Waals surface area (Å²) in [6, 6.07) is 7.20. The van der Waals surface area contributed by atoms with E-state index in [0.29, 0.717) is 31.5 Å². The largest absolute Gasteiger partial charge is 0.504 e. The van der Waals surface area contributed by atoms with Crippen molar-refractivity contribution in [1.29, 1.82) is 0 Å². The van der Waals surface area contributed by atoms with Gasteiger partial charge in [-0.15, -0.1) is 0 Å². The number of hydrogen-bond acceptors (Lipinski definition) is 9. The molecule has 3 aliphatic rings. The molecule has 0 radical (unpaired) electrons. The average molecular weight is 603 g/mol. The number of anilines is 4. The van der Waals surface area contributed by atoms with E-state index in [-0.39, 0.29) is 28.5 Å². The summed E-state index contributed by atoms with van der Waals surface area (Å²) in [7, 11) is 0. The first-order valence-corrected chi connectivity index (χ1v) is 14.5. The zero-order chi connectivity index (χ0) is 30.5. The molecule has 2 aliphatic heterocycles. The fourth-order valence-corrected chi connectivity index (χ4v) is 6.51. The first kappa shape index (κ1) is 29.4. The molecule has 0 atom stereocenters. The van der Waals surface area contributed by atoms with Crippen LogP contribution in [-0.4, -0.2) is 76.9 Å². The normalized spacial score (nSPS) is 19.7. The first-order valence-electron chi connectivity index (χ1n) is 14.5. The van der Waals surface area contributed by atoms with E-state index in [9.17, 15) is 32.3 Å². The smallest absolute Gasteiger partial charge is 0.405 e. The topological polar surface area (TPSA) is 101 Å². The number of piperazine rings is 1. The lowest BCUT2D eigenvalue weighted by Gasteiger charge is -2.48. The molecule has 0 bridgehead atoms. The van der Waals surface area contributed by atoms with Crippen LogP contribution in [0.4, 0.5) is 40.4 Å². The molecule has 0 unspecified atom stereocenters. The van der Waals surface area contributed by atoms with E-state index in [1.807, 2.05) is 29.3 Å². The second kappa shape index (κ2) is 11.1. The Morgan fingerprint density at radius 3 is 2.42 bits per heavy atom. The summed E-state index contributed by atoms with van der Waals surface area (Å²) in [5.74, 6) is 0.114. The van der Waals surface area contributed by atoms with Gasteiger partial charge in [-0.05, 0) is 57.3 Å². The minimum absolute atomic E-state index is 0.0156. The lowest BCUT2D eigenvalue weighted by molar-refractivity contribution is -0.115. The van der Waals surface area contributed by atoms with Gasteiger partial charge >= 0.3 is 6.18 Å². The van der Waals surface area contributed by atoms with Crippen molar-refractivity contribution in [2.75, 3.05) is 54.8 Å². The second-order valence-electron chi connectivity index (χ2n) is 12.0. The molecule has 1 aromatic heterocycles. The van der Waals surface area contributed by atoms with Gasteiger partial charge in [0.1, 0.15) is 23.7 Å². The second-order valence-corrected chi connectivity index (χ2v) is 12.0. The van der Waals surface area contributed by atoms with Crippen molar-refractivity contribution in [3.05, 3.63) is 67.9 Å². The highest BCUT2D eigenvalue weighted by Gasteiger charge is 2.53. The van der Waals surface area contributed by atoms with E-state index in [1.54, 1.807) is 6.07 Å². The van der Waals surface area contributed by atoms with Crippen molar-refractivity contribution in [1.82, 2.24) is 14.8 Å². The number of aryl methyl sites for hydroxylation is 1. The number of pyridine rings is 1. The van der Waals surface area contributed by atoms with Crippen LogP contribution >= 0.6 is 0 Å². The standard InChI is InChI=1S/C30H34F4N6O3/c1-18-2-3-19(22(31)12-18)15-38-8-4-21(5-9-38)40-11-10-39(17-29(40)6-7-29)28-23(41)13-20(14-35-28)37-25-24(26(42)27(25)43)36-16-30(32,33)34/h2-3,12-14,21,36-37,41H,4-11,15-17H2,1H3. The highest BCUT2D eigenvalue weighted by atomic mass is 19.4. The molecule has 1 aliphatic carbocycles. The summed E-state index contributed by atoms with van der Waals surface area (Å²) in [6.45, 7) is 5.04. The maximum absolute atomic E-state index is 14.4. The van der Waals surface area contributed by atoms with Crippen LogP contribution in [0.25, 0.3) is 0 Å². The highest BCUT2D eigenvalue weighted by molar-refractivity contribution is 5.79. The Hall–Kier alpha value is -3.71. The maximum Gasteiger partial charge on any atom is 0.405 e. The number of piperidine rings is 1. The molecule has 6 rings (SSSR count). The van der Waals surface area contributed by atoms with Gasteiger partial charge < -0.3 is 20.6 Å². The van der Waals surface area contributed by atoms with E-state index in [4.69, 9.17) is 0 Å². The average Bonchev–Trinajstić information content (AvgIpc) is 3.72. The van der Waals surface area contributed by atoms with Crippen molar-refractivity contribution < 1.29 is 22.7 Å². The molecule has 0 amide bonds. The Balaban J connectivity index is 1.06. The minimum Gasteiger partial charge on any atom is -0.504 e. The van der Waals surface area contributed by atoms with Gasteiger partial charge in [0, 0.05) is 49.4 Å². The Kier molecular flexibility index (Phi) is 7.57. The summed E-state index contributed by atoms with van der Waals surface area (Å²) < 4.78 is 52.1. The maximum atomic E-state index is 14.4. The van der Waals surface area contributed by atoms with Gasteiger partial charge in [0.05, 0.1) is 11.9 Å². The molecule has 2 aromatic carbocycles. The lowest BCUT2D eigenvalue weighted by Crippen LogP contribution is -2.60. The Bertz CT molecular complexity index is 1580. The van der Waals surface area contributed by atoms with Gasteiger partial charge in [-0.2, -0.15) is 13.2 Å². The Labute approximate surface area is 245 Å². The molecule has 9 nitrogen and oxygen atoms in total. The van der Waals surface area contributed by atoms with Crippen molar-refractivity contribution in [2.45, 2.75) is 56.9 Å². The van der Waals surface area contributed by atoms with Crippen molar-refractivity contribution in [2.24, 2.45) is 0 Å². The number of hydrogen-bond donors (Lipinski definition) is 3. The third-order valence-electron chi connectivity index (χ3n) is 8.92. The summed E-state index contributed by atoms with van der Waals surface area (Å²) in [5, 5.41) is 15.4. The minimum atomic E-state index is -4.55. The van der Waals surface area contributed by atoms with Crippen molar-refractivity contribution in [3.63, 3.8) is 0 Å². The number of rotatable bonds is 8. The van der Waals surface area contributed by atoms with Crippen molar-refractivity contribution in [3.8, 4) is 5.75 Å². The van der Waals surface area contributed by atoms with E-state index in [0.717, 1.165) is 56.4 Å². The molecule has 43 heavy (non-hydrogen) atoms. The van der Waals surface area contributed by atoms with Crippen LogP contribution < -0.4 is 26.4 Å². The van der Waals surface area contributed by atoms with E-state index >= 15 is 0 Å². The molecule has 3 heterocycles. The number of benzene rings is 1. The molecule has 2 saturated heterocycles. The van der Waals surface area contributed by atoms with Crippen LogP contribution in [0.2, 0.25) is 0 Å². The van der Waals surface area contributed by atoms with Crippen LogP contribution in [0, 0.1) is 12.7 Å². The van der Waals surface area contributed by atoms with E-state index in [2.05, 4.69) is 20.1 Å². The van der Waals surface area contributed by atoms with Gasteiger partial charge in [-0.1, -0.05) is 12.1 Å². The number of alkyl halides is 3. The predicted octanol–water partition coefficient (Wildman–Crippen LogP) is 3.87. The predicted molar refractivity (Wildman–Crippen MR) is 155 cm³/mol. The number of aromatic nitrogens is 1. The summed E-state index contributed by atoms with van der Waals surface area (Å²) in [5.41, 5.74) is -0.850. The number of aromatic hydroxyl groups is 1. The lowest BCUT2D eigenvalue weighted by atomic mass is 9.97. The number of halogens is 4. The van der Waals surface area contributed by atoms with Crippen LogP contribution in [0.1, 0.15) is 36.8 Å². The number of nitrogens with zero attached hydrogens (tertiary/aromatic N) is 4. The highest BCUT2D eigenvalue weighted by Crippen LogP contribution is 2.48. The van der Waals surface area contributed by atoms with Gasteiger partial charge in [0.2, 0.25) is 0 Å². The van der Waals surface area contributed by atoms with Gasteiger partial charge in [-0.25, -0.2) is 9.37 Å². The van der Waals surface area contributed by atoms with Crippen LogP contribution in [0.5, 0.6) is 5.75 Å². The van der Waals surface area contributed by atoms with Gasteiger partial charge in [0.15, 0.2) is 11.6 Å². The van der Waals surface area contributed by atoms with Crippen molar-refractivity contribution >= 4 is 22.9 Å². The molecule has 3 aromatic rings. The summed E-state index contributed by atoms with van der Waals surface area (Å²) in [4.78, 5) is 35.1. The third kappa shape index (κ3) is 6.05. The van der Waals surface area contributed by atoms with Gasteiger partial charge in [0.25, 0.3) is 10.9 Å². The zero-order valence-corrected chi connectivity index (χ0v) is 23.8. The fraction of sp³-hybridized carbons (Fsp3) is 0.500. The van der Waals surface area contributed by atoms with E-state index < -0.39 is 29.3 Å². The van der Waals surface area contributed by atoms with Crippen LogP contribution in [-0.2, 0) is 6.54 Å². The number of likely N-dealkylation sites (tertiary alicyclic amines) is 1. The molecule has 230 valence electrons. The molecule has 13 heteroatoms. The molecule has 3 N–H and O–H groups in total. The molecule has 1 saturated carbocycles.